The molecule has 0 spiro atoms. The Hall–Kier alpha value is -3.24. The van der Waals surface area contributed by atoms with Gasteiger partial charge in [0.25, 0.3) is 0 Å². The minimum Gasteiger partial charge on any atom is -0.271 e. The molecule has 4 nitrogen and oxygen atoms in total. The van der Waals surface area contributed by atoms with Crippen LogP contribution in [0.25, 0.3) is 39.3 Å². The molecule has 0 N–H and O–H groups in total. The van der Waals surface area contributed by atoms with E-state index in [4.69, 9.17) is 16.6 Å². The molecule has 0 bridgehead atoms. The van der Waals surface area contributed by atoms with Crippen molar-refractivity contribution < 1.29 is 0 Å². The number of aromatic nitrogens is 4. The van der Waals surface area contributed by atoms with Crippen LogP contribution in [0.15, 0.2) is 72.8 Å². The summed E-state index contributed by atoms with van der Waals surface area (Å²) in [5.74, 6) is 0.787. The van der Waals surface area contributed by atoms with E-state index in [0.29, 0.717) is 10.7 Å². The normalized spacial score (nSPS) is 11.3. The van der Waals surface area contributed by atoms with Gasteiger partial charge < -0.3 is 0 Å². The van der Waals surface area contributed by atoms with Crippen LogP contribution in [0, 0.1) is 6.92 Å². The van der Waals surface area contributed by atoms with Gasteiger partial charge in [-0.25, -0.2) is 4.98 Å². The highest BCUT2D eigenvalue weighted by Gasteiger charge is 2.18. The zero-order valence-corrected chi connectivity index (χ0v) is 15.4. The van der Waals surface area contributed by atoms with Gasteiger partial charge in [0, 0.05) is 16.1 Å². The molecular formula is C22H15ClN4. The number of halogens is 1. The van der Waals surface area contributed by atoms with Gasteiger partial charge in [-0.2, -0.15) is 0 Å². The molecule has 0 radical (unpaired) electrons. The standard InChI is InChI=1S/C22H15ClN4/c1-14-7-5-6-10-17(14)21-25-26-22-20(15-8-3-2-4-9-15)24-18-12-11-16(23)13-19(18)27(21)22/h2-13H,1H3. The fourth-order valence-electron chi connectivity index (χ4n) is 3.39. The molecule has 5 aromatic rings. The van der Waals surface area contributed by atoms with E-state index in [1.165, 1.54) is 0 Å². The quantitative estimate of drug-likeness (QED) is 0.407. The third-order valence-corrected chi connectivity index (χ3v) is 4.95. The van der Waals surface area contributed by atoms with Crippen molar-refractivity contribution in [3.63, 3.8) is 0 Å². The molecule has 0 saturated heterocycles. The highest BCUT2D eigenvalue weighted by atomic mass is 35.5. The van der Waals surface area contributed by atoms with Crippen molar-refractivity contribution in [1.82, 2.24) is 19.6 Å². The number of aryl methyl sites for hydroxylation is 1. The van der Waals surface area contributed by atoms with Crippen molar-refractivity contribution >= 4 is 28.3 Å². The van der Waals surface area contributed by atoms with E-state index in [1.54, 1.807) is 0 Å². The van der Waals surface area contributed by atoms with Crippen LogP contribution in [-0.4, -0.2) is 19.6 Å². The third-order valence-electron chi connectivity index (χ3n) is 4.72. The highest BCUT2D eigenvalue weighted by Crippen LogP contribution is 2.31. The van der Waals surface area contributed by atoms with Gasteiger partial charge in [0.05, 0.1) is 11.0 Å². The zero-order chi connectivity index (χ0) is 18.4. The summed E-state index contributed by atoms with van der Waals surface area (Å²) < 4.78 is 2.05. The van der Waals surface area contributed by atoms with Crippen LogP contribution in [0.1, 0.15) is 5.56 Å². The summed E-state index contributed by atoms with van der Waals surface area (Å²) in [4.78, 5) is 4.86. The molecule has 0 amide bonds. The van der Waals surface area contributed by atoms with E-state index >= 15 is 0 Å². The van der Waals surface area contributed by atoms with Gasteiger partial charge >= 0.3 is 0 Å². The van der Waals surface area contributed by atoms with Gasteiger partial charge in [0.1, 0.15) is 5.69 Å². The summed E-state index contributed by atoms with van der Waals surface area (Å²) in [7, 11) is 0. The Kier molecular flexibility index (Phi) is 3.66. The topological polar surface area (TPSA) is 43.1 Å². The van der Waals surface area contributed by atoms with Crippen LogP contribution in [0.5, 0.6) is 0 Å². The van der Waals surface area contributed by atoms with E-state index in [0.717, 1.165) is 39.2 Å². The van der Waals surface area contributed by atoms with E-state index in [2.05, 4.69) is 33.7 Å². The Morgan fingerprint density at radius 2 is 1.63 bits per heavy atom. The Balaban J connectivity index is 1.95. The van der Waals surface area contributed by atoms with E-state index in [-0.39, 0.29) is 0 Å². The summed E-state index contributed by atoms with van der Waals surface area (Å²) in [6.07, 6.45) is 0. The molecular weight excluding hydrogens is 356 g/mol. The van der Waals surface area contributed by atoms with Crippen LogP contribution >= 0.6 is 11.6 Å². The predicted molar refractivity (Wildman–Crippen MR) is 109 cm³/mol. The summed E-state index contributed by atoms with van der Waals surface area (Å²) in [5.41, 5.74) is 6.44. The monoisotopic (exact) mass is 370 g/mol. The molecule has 0 aliphatic carbocycles. The van der Waals surface area contributed by atoms with Gasteiger partial charge in [-0.05, 0) is 30.7 Å². The predicted octanol–water partition coefficient (Wildman–Crippen LogP) is 5.57. The molecule has 0 saturated carbocycles. The Morgan fingerprint density at radius 3 is 2.44 bits per heavy atom. The summed E-state index contributed by atoms with van der Waals surface area (Å²) in [5, 5.41) is 9.68. The first-order valence-corrected chi connectivity index (χ1v) is 9.06. The molecule has 0 aliphatic heterocycles. The highest BCUT2D eigenvalue weighted by molar-refractivity contribution is 6.31. The summed E-state index contributed by atoms with van der Waals surface area (Å²) >= 11 is 6.29. The van der Waals surface area contributed by atoms with Gasteiger partial charge in [0.2, 0.25) is 0 Å². The smallest absolute Gasteiger partial charge is 0.188 e. The van der Waals surface area contributed by atoms with Crippen molar-refractivity contribution in [3.05, 3.63) is 83.4 Å². The van der Waals surface area contributed by atoms with Crippen molar-refractivity contribution in [2.24, 2.45) is 0 Å². The second kappa shape index (κ2) is 6.18. The van der Waals surface area contributed by atoms with E-state index < -0.39 is 0 Å². The Morgan fingerprint density at radius 1 is 0.852 bits per heavy atom. The molecule has 0 fully saturated rings. The largest absolute Gasteiger partial charge is 0.271 e. The van der Waals surface area contributed by atoms with Gasteiger partial charge in [0.15, 0.2) is 11.5 Å². The molecule has 0 aliphatic rings. The zero-order valence-electron chi connectivity index (χ0n) is 14.6. The number of hydrogen-bond acceptors (Lipinski definition) is 3. The van der Waals surface area contributed by atoms with E-state index in [9.17, 15) is 0 Å². The fraction of sp³-hybridized carbons (Fsp3) is 0.0455. The molecule has 0 unspecified atom stereocenters. The number of fused-ring (bicyclic) bond motifs is 3. The van der Waals surface area contributed by atoms with Gasteiger partial charge in [-0.15, -0.1) is 10.2 Å². The first kappa shape index (κ1) is 16.0. The molecule has 0 atom stereocenters. The third kappa shape index (κ3) is 2.57. The molecule has 5 rings (SSSR count). The molecule has 2 aromatic heterocycles. The lowest BCUT2D eigenvalue weighted by Crippen LogP contribution is -1.98. The maximum absolute atomic E-state index is 6.29. The number of rotatable bonds is 2. The van der Waals surface area contributed by atoms with Crippen LogP contribution in [0.4, 0.5) is 0 Å². The second-order valence-corrected chi connectivity index (χ2v) is 6.89. The first-order chi connectivity index (χ1) is 13.2. The second-order valence-electron chi connectivity index (χ2n) is 6.46. The molecule has 130 valence electrons. The first-order valence-electron chi connectivity index (χ1n) is 8.68. The number of nitrogens with zero attached hydrogens (tertiary/aromatic N) is 4. The number of hydrogen-bond donors (Lipinski definition) is 0. The summed E-state index contributed by atoms with van der Waals surface area (Å²) in [6, 6.07) is 23.9. The average Bonchev–Trinajstić information content (AvgIpc) is 3.14. The SMILES string of the molecule is Cc1ccccc1-c1nnc2c(-c3ccccc3)nc3ccc(Cl)cc3n12. The maximum Gasteiger partial charge on any atom is 0.188 e. The van der Waals surface area contributed by atoms with Crippen LogP contribution in [0.2, 0.25) is 5.02 Å². The summed E-state index contributed by atoms with van der Waals surface area (Å²) in [6.45, 7) is 2.07. The molecule has 2 heterocycles. The van der Waals surface area contributed by atoms with Crippen LogP contribution in [0.3, 0.4) is 0 Å². The minimum atomic E-state index is 0.655. The average molecular weight is 371 g/mol. The van der Waals surface area contributed by atoms with Gasteiger partial charge in [-0.3, -0.25) is 4.40 Å². The Bertz CT molecular complexity index is 1290. The minimum absolute atomic E-state index is 0.655. The van der Waals surface area contributed by atoms with Crippen molar-refractivity contribution in [1.29, 1.82) is 0 Å². The van der Waals surface area contributed by atoms with Crippen molar-refractivity contribution in [2.45, 2.75) is 6.92 Å². The molecule has 5 heteroatoms. The number of benzene rings is 3. The van der Waals surface area contributed by atoms with Crippen LogP contribution < -0.4 is 0 Å². The van der Waals surface area contributed by atoms with Gasteiger partial charge in [-0.1, -0.05) is 66.2 Å². The Labute approximate surface area is 161 Å². The van der Waals surface area contributed by atoms with Crippen molar-refractivity contribution in [3.8, 4) is 22.6 Å². The van der Waals surface area contributed by atoms with Crippen molar-refractivity contribution in [2.75, 3.05) is 0 Å². The maximum atomic E-state index is 6.29. The van der Waals surface area contributed by atoms with Crippen LogP contribution in [-0.2, 0) is 0 Å². The molecule has 27 heavy (non-hydrogen) atoms. The van der Waals surface area contributed by atoms with E-state index in [1.807, 2.05) is 60.7 Å². The lowest BCUT2D eigenvalue weighted by atomic mass is 10.1. The lowest BCUT2D eigenvalue weighted by Gasteiger charge is -2.10. The molecule has 3 aromatic carbocycles. The lowest BCUT2D eigenvalue weighted by molar-refractivity contribution is 1.11. The fourth-order valence-corrected chi connectivity index (χ4v) is 3.56.